The van der Waals surface area contributed by atoms with Gasteiger partial charge in [-0.25, -0.2) is 8.42 Å². The van der Waals surface area contributed by atoms with Crippen LogP contribution in [-0.2, 0) is 24.3 Å². The Kier molecular flexibility index (Phi) is 9.69. The maximum atomic E-state index is 13.8. The van der Waals surface area contributed by atoms with Gasteiger partial charge in [-0.15, -0.1) is 4.83 Å². The van der Waals surface area contributed by atoms with Gasteiger partial charge in [0.25, 0.3) is 5.91 Å². The van der Waals surface area contributed by atoms with E-state index in [9.17, 15) is 28.2 Å². The van der Waals surface area contributed by atoms with Gasteiger partial charge in [-0.1, -0.05) is 39.3 Å². The summed E-state index contributed by atoms with van der Waals surface area (Å²) in [4.78, 5) is 28.4. The van der Waals surface area contributed by atoms with Gasteiger partial charge in [-0.05, 0) is 118 Å². The first-order chi connectivity index (χ1) is 19.9. The van der Waals surface area contributed by atoms with Gasteiger partial charge >= 0.3 is 5.97 Å². The fourth-order valence-corrected chi connectivity index (χ4v) is 10.5. The highest BCUT2D eigenvalue weighted by Gasteiger charge is 2.70. The van der Waals surface area contributed by atoms with Gasteiger partial charge in [0.2, 0.25) is 10.0 Å². The summed E-state index contributed by atoms with van der Waals surface area (Å²) in [6, 6.07) is 0. The normalized spacial score (nSPS) is 41.8. The zero-order valence-electron chi connectivity index (χ0n) is 27.3. The van der Waals surface area contributed by atoms with Gasteiger partial charge in [0.1, 0.15) is 6.10 Å². The average Bonchev–Trinajstić information content (AvgIpc) is 3.18. The molecule has 9 nitrogen and oxygen atoms in total. The number of aliphatic hydroxyl groups is 2. The number of aliphatic hydroxyl groups excluding tert-OH is 2. The molecular weight excluding hydrogens is 568 g/mol. The Morgan fingerprint density at radius 2 is 1.72 bits per heavy atom. The number of sulfonamides is 1. The smallest absolute Gasteiger partial charge is 0.303 e. The molecule has 0 unspecified atom stereocenters. The minimum atomic E-state index is -3.69. The van der Waals surface area contributed by atoms with E-state index in [4.69, 9.17) is 4.74 Å². The van der Waals surface area contributed by atoms with Crippen LogP contribution in [0.4, 0.5) is 0 Å². The molecule has 0 radical (unpaired) electrons. The average molecular weight is 623 g/mol. The number of carbonyl (C=O) groups is 2. The zero-order valence-corrected chi connectivity index (χ0v) is 28.1. The van der Waals surface area contributed by atoms with E-state index in [0.29, 0.717) is 42.7 Å². The third-order valence-electron chi connectivity index (χ3n) is 12.3. The van der Waals surface area contributed by atoms with E-state index in [0.717, 1.165) is 31.3 Å². The number of hydrogen-bond donors (Lipinski definition) is 4. The number of allylic oxidation sites excluding steroid dienone is 2. The van der Waals surface area contributed by atoms with Crippen molar-refractivity contribution in [3.63, 3.8) is 0 Å². The summed E-state index contributed by atoms with van der Waals surface area (Å²) in [5.74, 6) is -0.944. The lowest BCUT2D eigenvalue weighted by Crippen LogP contribution is -2.65. The van der Waals surface area contributed by atoms with Gasteiger partial charge in [0.15, 0.2) is 0 Å². The summed E-state index contributed by atoms with van der Waals surface area (Å²) in [6.07, 6.45) is 5.68. The van der Waals surface area contributed by atoms with Crippen molar-refractivity contribution < 1.29 is 33.0 Å². The molecule has 0 heterocycles. The predicted octanol–water partition coefficient (Wildman–Crippen LogP) is 4.55. The minimum absolute atomic E-state index is 0.00778. The summed E-state index contributed by atoms with van der Waals surface area (Å²) >= 11 is 0. The number of nitrogens with one attached hydrogen (secondary N) is 2. The molecule has 0 bridgehead atoms. The van der Waals surface area contributed by atoms with E-state index in [1.807, 2.05) is 19.9 Å². The van der Waals surface area contributed by atoms with Gasteiger partial charge < -0.3 is 14.9 Å². The molecule has 1 amide bonds. The van der Waals surface area contributed by atoms with Crippen molar-refractivity contribution in [2.75, 3.05) is 5.75 Å². The second-order valence-electron chi connectivity index (χ2n) is 14.8. The Morgan fingerprint density at radius 1 is 1.05 bits per heavy atom. The minimum Gasteiger partial charge on any atom is -0.458 e. The fourth-order valence-electron chi connectivity index (χ4n) is 10.1. The Morgan fingerprint density at radius 3 is 2.33 bits per heavy atom. The highest BCUT2D eigenvalue weighted by molar-refractivity contribution is 7.89. The van der Waals surface area contributed by atoms with Gasteiger partial charge in [-0.2, -0.15) is 0 Å². The Bertz CT molecular complexity index is 1270. The van der Waals surface area contributed by atoms with Crippen LogP contribution in [0.3, 0.4) is 0 Å². The molecular formula is C33H54N2O7S. The molecule has 0 aromatic rings. The van der Waals surface area contributed by atoms with E-state index in [2.05, 4.69) is 38.0 Å². The quantitative estimate of drug-likeness (QED) is 0.135. The first-order valence-corrected chi connectivity index (χ1v) is 17.8. The Balaban J connectivity index is 1.84. The van der Waals surface area contributed by atoms with Crippen molar-refractivity contribution in [2.24, 2.45) is 39.9 Å². The fraction of sp³-hybridized carbons (Fsp3) is 0.818. The molecule has 4 N–H and O–H groups in total. The van der Waals surface area contributed by atoms with Crippen molar-refractivity contribution in [3.05, 3.63) is 22.8 Å². The van der Waals surface area contributed by atoms with Gasteiger partial charge in [0, 0.05) is 12.5 Å². The van der Waals surface area contributed by atoms with E-state index >= 15 is 0 Å². The molecule has 10 heteroatoms. The molecule has 43 heavy (non-hydrogen) atoms. The Labute approximate surface area is 258 Å². The molecule has 4 fully saturated rings. The molecule has 0 aliphatic heterocycles. The lowest BCUT2D eigenvalue weighted by molar-refractivity contribution is -0.234. The molecule has 4 aliphatic carbocycles. The van der Waals surface area contributed by atoms with Crippen LogP contribution in [0.1, 0.15) is 107 Å². The van der Waals surface area contributed by atoms with Gasteiger partial charge in [0.05, 0.1) is 18.0 Å². The second kappa shape index (κ2) is 12.2. The van der Waals surface area contributed by atoms with Crippen LogP contribution in [-0.4, -0.2) is 54.6 Å². The summed E-state index contributed by atoms with van der Waals surface area (Å²) < 4.78 is 30.4. The van der Waals surface area contributed by atoms with E-state index in [1.165, 1.54) is 13.8 Å². The summed E-state index contributed by atoms with van der Waals surface area (Å²) in [5, 5.41) is 22.8. The van der Waals surface area contributed by atoms with Crippen molar-refractivity contribution in [1.82, 2.24) is 10.3 Å². The Hall–Kier alpha value is -1.75. The topological polar surface area (TPSA) is 142 Å². The third kappa shape index (κ3) is 5.98. The number of amides is 1. The number of fused-ring (bicyclic) bond motifs is 5. The van der Waals surface area contributed by atoms with Crippen LogP contribution in [0.25, 0.3) is 0 Å². The molecule has 244 valence electrons. The van der Waals surface area contributed by atoms with Crippen LogP contribution in [0.15, 0.2) is 22.8 Å². The third-order valence-corrected chi connectivity index (χ3v) is 13.5. The number of hydrazine groups is 1. The second-order valence-corrected chi connectivity index (χ2v) is 16.8. The van der Waals surface area contributed by atoms with Crippen molar-refractivity contribution in [3.8, 4) is 0 Å². The van der Waals surface area contributed by atoms with E-state index in [1.54, 1.807) is 0 Å². The van der Waals surface area contributed by atoms with E-state index < -0.39 is 34.1 Å². The molecule has 0 aromatic heterocycles. The lowest BCUT2D eigenvalue weighted by atomic mass is 9.36. The highest BCUT2D eigenvalue weighted by Crippen LogP contribution is 2.74. The van der Waals surface area contributed by atoms with Crippen molar-refractivity contribution >= 4 is 21.9 Å². The maximum absolute atomic E-state index is 13.8. The monoisotopic (exact) mass is 622 g/mol. The van der Waals surface area contributed by atoms with Crippen LogP contribution < -0.4 is 10.3 Å². The van der Waals surface area contributed by atoms with Gasteiger partial charge in [-0.3, -0.25) is 15.0 Å². The van der Waals surface area contributed by atoms with Crippen LogP contribution in [0, 0.1) is 39.9 Å². The predicted molar refractivity (Wildman–Crippen MR) is 166 cm³/mol. The molecule has 4 aliphatic rings. The van der Waals surface area contributed by atoms with Crippen LogP contribution >= 0.6 is 0 Å². The maximum Gasteiger partial charge on any atom is 0.303 e. The number of rotatable bonds is 8. The highest BCUT2D eigenvalue weighted by atomic mass is 32.2. The lowest BCUT2D eigenvalue weighted by Gasteiger charge is -2.69. The zero-order chi connectivity index (χ0) is 32.1. The largest absolute Gasteiger partial charge is 0.458 e. The molecule has 0 aromatic carbocycles. The van der Waals surface area contributed by atoms with Crippen LogP contribution in [0.2, 0.25) is 0 Å². The SMILES string of the molecule is CCS(=O)(=O)NNC(=O)/C(CCC=C(C)C)=C1\[C@@H](OC(C)=O)C[C@@]2(C)[C@H]1C[C@@H](O)[C@H]1[C@@]3(C)CC[C@@H](O)[C@@H](C)[C@@H]3CC[C@@]12C. The number of ether oxygens (including phenoxy) is 1. The number of carbonyl (C=O) groups excluding carboxylic acids is 2. The standard InChI is InChI=1S/C33H54N2O7S/c1-9-43(40,41)35-34-30(39)22(12-10-11-19(2)3)28-24-17-26(38)29-31(6)15-14-25(37)20(4)23(31)13-16-32(29,7)33(24,8)18-27(28)42-21(5)36/h11,20,23-27,29,35,37-38H,9-10,12-18H2,1-8H3,(H,34,39)/b28-22-/t20-,23-,24-,25+,26+,27-,29-,31-,32-,33-/m0/s1. The molecule has 0 saturated heterocycles. The first kappa shape index (κ1) is 34.1. The van der Waals surface area contributed by atoms with Crippen molar-refractivity contribution in [1.29, 1.82) is 0 Å². The van der Waals surface area contributed by atoms with E-state index in [-0.39, 0.29) is 45.9 Å². The first-order valence-electron chi connectivity index (χ1n) is 16.1. The van der Waals surface area contributed by atoms with Crippen LogP contribution in [0.5, 0.6) is 0 Å². The number of hydrogen-bond acceptors (Lipinski definition) is 7. The van der Waals surface area contributed by atoms with Crippen molar-refractivity contribution in [2.45, 2.75) is 125 Å². The summed E-state index contributed by atoms with van der Waals surface area (Å²) in [6.45, 7) is 15.8. The summed E-state index contributed by atoms with van der Waals surface area (Å²) in [7, 11) is -3.69. The number of esters is 1. The molecule has 4 saturated carbocycles. The molecule has 0 spiro atoms. The summed E-state index contributed by atoms with van der Waals surface area (Å²) in [5.41, 5.74) is 3.81. The molecule has 10 atom stereocenters. The molecule has 4 rings (SSSR count).